The minimum absolute atomic E-state index is 0.141. The molecule has 0 bridgehead atoms. The Morgan fingerprint density at radius 3 is 2.26 bits per heavy atom. The van der Waals surface area contributed by atoms with Crippen LogP contribution in [0.2, 0.25) is 5.02 Å². The van der Waals surface area contributed by atoms with E-state index in [0.29, 0.717) is 46.4 Å². The standard InChI is InChI=1S/C26H28ClN3O4/c1-16-12-20(17(2)30(16)19-9-7-8-18(27)13-19)25(31)28-22-15-24(34-4)23(33-3)14-21(22)26(32)29-10-5-6-11-29/h7-9,12-15H,5-6,10-11H2,1-4H3,(H,28,31). The zero-order valence-corrected chi connectivity index (χ0v) is 20.5. The van der Waals surface area contributed by atoms with E-state index in [0.717, 1.165) is 29.9 Å². The Bertz CT molecular complexity index is 1250. The fourth-order valence-corrected chi connectivity index (χ4v) is 4.63. The summed E-state index contributed by atoms with van der Waals surface area (Å²) in [5, 5.41) is 3.56. The molecule has 178 valence electrons. The summed E-state index contributed by atoms with van der Waals surface area (Å²) >= 11 is 6.18. The van der Waals surface area contributed by atoms with Gasteiger partial charge in [-0.3, -0.25) is 9.59 Å². The fourth-order valence-electron chi connectivity index (χ4n) is 4.44. The predicted molar refractivity (Wildman–Crippen MR) is 133 cm³/mol. The number of benzene rings is 2. The highest BCUT2D eigenvalue weighted by molar-refractivity contribution is 6.30. The third kappa shape index (κ3) is 4.48. The molecule has 2 amide bonds. The molecule has 2 heterocycles. The molecule has 1 fully saturated rings. The van der Waals surface area contributed by atoms with Crippen molar-refractivity contribution in [1.29, 1.82) is 0 Å². The third-order valence-corrected chi connectivity index (χ3v) is 6.37. The second-order valence-corrected chi connectivity index (χ2v) is 8.74. The maximum absolute atomic E-state index is 13.4. The molecule has 2 aromatic carbocycles. The number of carbonyl (C=O) groups is 2. The average Bonchev–Trinajstić information content (AvgIpc) is 3.46. The van der Waals surface area contributed by atoms with E-state index in [1.807, 2.05) is 48.7 Å². The van der Waals surface area contributed by atoms with E-state index in [9.17, 15) is 9.59 Å². The van der Waals surface area contributed by atoms with Crippen LogP contribution in [0.4, 0.5) is 5.69 Å². The first-order valence-corrected chi connectivity index (χ1v) is 11.5. The van der Waals surface area contributed by atoms with Crippen molar-refractivity contribution in [2.45, 2.75) is 26.7 Å². The average molecular weight is 482 g/mol. The number of aryl methyl sites for hydroxylation is 1. The number of aromatic nitrogens is 1. The van der Waals surface area contributed by atoms with Crippen molar-refractivity contribution in [3.05, 3.63) is 70.0 Å². The summed E-state index contributed by atoms with van der Waals surface area (Å²) in [5.74, 6) is 0.407. The SMILES string of the molecule is COc1cc(NC(=O)c2cc(C)n(-c3cccc(Cl)c3)c2C)c(C(=O)N2CCCC2)cc1OC. The van der Waals surface area contributed by atoms with Gasteiger partial charge < -0.3 is 24.3 Å². The van der Waals surface area contributed by atoms with Crippen LogP contribution in [0.1, 0.15) is 44.9 Å². The Morgan fingerprint density at radius 2 is 1.62 bits per heavy atom. The van der Waals surface area contributed by atoms with Crippen LogP contribution in [0.15, 0.2) is 42.5 Å². The van der Waals surface area contributed by atoms with E-state index < -0.39 is 0 Å². The van der Waals surface area contributed by atoms with Crippen molar-refractivity contribution in [3.63, 3.8) is 0 Å². The van der Waals surface area contributed by atoms with E-state index in [-0.39, 0.29) is 11.8 Å². The predicted octanol–water partition coefficient (Wildman–Crippen LogP) is 5.25. The maximum Gasteiger partial charge on any atom is 0.257 e. The lowest BCUT2D eigenvalue weighted by Gasteiger charge is -2.20. The molecule has 34 heavy (non-hydrogen) atoms. The summed E-state index contributed by atoms with van der Waals surface area (Å²) in [4.78, 5) is 28.5. The number of likely N-dealkylation sites (tertiary alicyclic amines) is 1. The Labute approximate surface area is 204 Å². The van der Waals surface area contributed by atoms with Gasteiger partial charge in [0.2, 0.25) is 0 Å². The first kappa shape index (κ1) is 23.7. The first-order valence-electron chi connectivity index (χ1n) is 11.2. The molecule has 0 atom stereocenters. The van der Waals surface area contributed by atoms with Crippen molar-refractivity contribution in [2.24, 2.45) is 0 Å². The molecule has 1 aromatic heterocycles. The summed E-state index contributed by atoms with van der Waals surface area (Å²) < 4.78 is 12.8. The number of hydrogen-bond acceptors (Lipinski definition) is 4. The molecular formula is C26H28ClN3O4. The van der Waals surface area contributed by atoms with Crippen LogP contribution >= 0.6 is 11.6 Å². The minimum Gasteiger partial charge on any atom is -0.493 e. The Kier molecular flexibility index (Phi) is 6.84. The molecule has 8 heteroatoms. The van der Waals surface area contributed by atoms with Crippen LogP contribution in [0.25, 0.3) is 5.69 Å². The van der Waals surface area contributed by atoms with Crippen LogP contribution in [0, 0.1) is 13.8 Å². The van der Waals surface area contributed by atoms with Gasteiger partial charge in [0, 0.05) is 41.3 Å². The van der Waals surface area contributed by atoms with Crippen molar-refractivity contribution in [2.75, 3.05) is 32.6 Å². The largest absolute Gasteiger partial charge is 0.493 e. The smallest absolute Gasteiger partial charge is 0.257 e. The molecule has 1 aliphatic heterocycles. The quantitative estimate of drug-likeness (QED) is 0.521. The third-order valence-electron chi connectivity index (χ3n) is 6.14. The zero-order chi connectivity index (χ0) is 24.4. The maximum atomic E-state index is 13.4. The Morgan fingerprint density at radius 1 is 0.941 bits per heavy atom. The molecule has 7 nitrogen and oxygen atoms in total. The van der Waals surface area contributed by atoms with Gasteiger partial charge >= 0.3 is 0 Å². The van der Waals surface area contributed by atoms with Crippen molar-refractivity contribution in [3.8, 4) is 17.2 Å². The van der Waals surface area contributed by atoms with Gasteiger partial charge in [-0.15, -0.1) is 0 Å². The minimum atomic E-state index is -0.316. The van der Waals surface area contributed by atoms with Gasteiger partial charge in [-0.2, -0.15) is 0 Å². The highest BCUT2D eigenvalue weighted by atomic mass is 35.5. The molecular weight excluding hydrogens is 454 g/mol. The monoisotopic (exact) mass is 481 g/mol. The number of methoxy groups -OCH3 is 2. The van der Waals surface area contributed by atoms with Crippen molar-refractivity contribution >= 4 is 29.1 Å². The van der Waals surface area contributed by atoms with E-state index in [2.05, 4.69) is 5.32 Å². The fraction of sp³-hybridized carbons (Fsp3) is 0.308. The van der Waals surface area contributed by atoms with Gasteiger partial charge in [-0.1, -0.05) is 17.7 Å². The topological polar surface area (TPSA) is 72.8 Å². The number of halogens is 1. The second kappa shape index (κ2) is 9.81. The van der Waals surface area contributed by atoms with Gasteiger partial charge in [-0.05, 0) is 57.0 Å². The normalized spacial score (nSPS) is 13.1. The molecule has 1 saturated heterocycles. The molecule has 0 spiro atoms. The summed E-state index contributed by atoms with van der Waals surface area (Å²) in [7, 11) is 3.04. The molecule has 0 saturated carbocycles. The summed E-state index contributed by atoms with van der Waals surface area (Å²) in [6, 6.07) is 12.6. The zero-order valence-electron chi connectivity index (χ0n) is 19.8. The van der Waals surface area contributed by atoms with Gasteiger partial charge in [-0.25, -0.2) is 0 Å². The van der Waals surface area contributed by atoms with E-state index in [1.165, 1.54) is 14.2 Å². The van der Waals surface area contributed by atoms with Crippen LogP contribution < -0.4 is 14.8 Å². The highest BCUT2D eigenvalue weighted by Gasteiger charge is 2.26. The molecule has 1 aliphatic rings. The van der Waals surface area contributed by atoms with Crippen molar-refractivity contribution in [1.82, 2.24) is 9.47 Å². The lowest BCUT2D eigenvalue weighted by molar-refractivity contribution is 0.0793. The number of carbonyl (C=O) groups excluding carboxylic acids is 2. The summed E-state index contributed by atoms with van der Waals surface area (Å²) in [6.45, 7) is 5.21. The van der Waals surface area contributed by atoms with Crippen LogP contribution in [0.3, 0.4) is 0 Å². The highest BCUT2D eigenvalue weighted by Crippen LogP contribution is 2.35. The van der Waals surface area contributed by atoms with Crippen LogP contribution in [-0.4, -0.2) is 48.6 Å². The Balaban J connectivity index is 1.72. The number of nitrogens with one attached hydrogen (secondary N) is 1. The lowest BCUT2D eigenvalue weighted by Crippen LogP contribution is -2.29. The molecule has 4 rings (SSSR count). The summed E-state index contributed by atoms with van der Waals surface area (Å²) in [5.41, 5.74) is 3.80. The number of amides is 2. The lowest BCUT2D eigenvalue weighted by atomic mass is 10.1. The Hall–Kier alpha value is -3.45. The number of hydrogen-bond donors (Lipinski definition) is 1. The molecule has 1 N–H and O–H groups in total. The molecule has 3 aromatic rings. The van der Waals surface area contributed by atoms with E-state index in [4.69, 9.17) is 21.1 Å². The van der Waals surface area contributed by atoms with Crippen molar-refractivity contribution < 1.29 is 19.1 Å². The molecule has 0 aliphatic carbocycles. The first-order chi connectivity index (χ1) is 16.3. The van der Waals surface area contributed by atoms with Gasteiger partial charge in [0.1, 0.15) is 0 Å². The number of anilines is 1. The second-order valence-electron chi connectivity index (χ2n) is 8.31. The van der Waals surface area contributed by atoms with Crippen LogP contribution in [-0.2, 0) is 0 Å². The molecule has 0 radical (unpaired) electrons. The van der Waals surface area contributed by atoms with Gasteiger partial charge in [0.25, 0.3) is 11.8 Å². The van der Waals surface area contributed by atoms with E-state index in [1.54, 1.807) is 17.0 Å². The van der Waals surface area contributed by atoms with Crippen LogP contribution in [0.5, 0.6) is 11.5 Å². The number of ether oxygens (including phenoxy) is 2. The number of rotatable bonds is 6. The molecule has 0 unspecified atom stereocenters. The van der Waals surface area contributed by atoms with E-state index >= 15 is 0 Å². The summed E-state index contributed by atoms with van der Waals surface area (Å²) in [6.07, 6.45) is 1.94. The van der Waals surface area contributed by atoms with Gasteiger partial charge in [0.05, 0.1) is 31.0 Å². The van der Waals surface area contributed by atoms with Gasteiger partial charge in [0.15, 0.2) is 11.5 Å². The number of nitrogens with zero attached hydrogens (tertiary/aromatic N) is 2.